The van der Waals surface area contributed by atoms with Crippen LogP contribution in [0.2, 0.25) is 0 Å². The van der Waals surface area contributed by atoms with Crippen LogP contribution in [0.15, 0.2) is 30.4 Å². The van der Waals surface area contributed by atoms with Crippen LogP contribution < -0.4 is 14.8 Å². The van der Waals surface area contributed by atoms with E-state index in [4.69, 9.17) is 9.47 Å². The number of piperidine rings is 1. The van der Waals surface area contributed by atoms with Crippen molar-refractivity contribution in [2.45, 2.75) is 45.2 Å². The molecule has 0 radical (unpaired) electrons. The highest BCUT2D eigenvalue weighted by molar-refractivity contribution is 6.07. The Morgan fingerprint density at radius 1 is 1.20 bits per heavy atom. The van der Waals surface area contributed by atoms with E-state index in [0.29, 0.717) is 6.42 Å². The van der Waals surface area contributed by atoms with Gasteiger partial charge in [-0.05, 0) is 62.9 Å². The third-order valence-electron chi connectivity index (χ3n) is 6.33. The van der Waals surface area contributed by atoms with Crippen LogP contribution in [-0.2, 0) is 11.3 Å². The number of hydrogen-bond acceptors (Lipinski definition) is 5. The average Bonchev–Trinajstić information content (AvgIpc) is 2.99. The van der Waals surface area contributed by atoms with E-state index in [-0.39, 0.29) is 24.4 Å². The van der Waals surface area contributed by atoms with Crippen LogP contribution in [-0.4, -0.2) is 61.1 Å². The van der Waals surface area contributed by atoms with Crippen LogP contribution in [0.5, 0.6) is 11.5 Å². The Hall–Kier alpha value is -2.54. The number of nitrogens with zero attached hydrogens (tertiary/aromatic N) is 2. The van der Waals surface area contributed by atoms with E-state index in [2.05, 4.69) is 22.9 Å². The number of amides is 3. The summed E-state index contributed by atoms with van der Waals surface area (Å²) in [7, 11) is 3.27. The van der Waals surface area contributed by atoms with Gasteiger partial charge >= 0.3 is 6.03 Å². The van der Waals surface area contributed by atoms with E-state index in [0.717, 1.165) is 55.1 Å². The molecule has 3 amide bonds. The highest BCUT2D eigenvalue weighted by Gasteiger charge is 2.54. The number of urea groups is 1. The van der Waals surface area contributed by atoms with E-state index in [1.807, 2.05) is 26.0 Å². The first-order valence-electron chi connectivity index (χ1n) is 10.6. The lowest BCUT2D eigenvalue weighted by Gasteiger charge is -2.40. The highest BCUT2D eigenvalue weighted by Crippen LogP contribution is 2.37. The SMILES string of the molecule is C=C(C)CN1C(=O)NC(CC)(C2CCN(Cc3ccc(OC)c(OC)c3)CC2)C1=O. The number of nitrogens with one attached hydrogen (secondary N) is 1. The van der Waals surface area contributed by atoms with E-state index >= 15 is 0 Å². The molecule has 0 spiro atoms. The molecular formula is C23H33N3O4. The van der Waals surface area contributed by atoms with Crippen LogP contribution in [0.25, 0.3) is 0 Å². The second kappa shape index (κ2) is 9.08. The fraction of sp³-hybridized carbons (Fsp3) is 0.565. The van der Waals surface area contributed by atoms with Crippen molar-refractivity contribution in [1.82, 2.24) is 15.1 Å². The summed E-state index contributed by atoms with van der Waals surface area (Å²) in [5.41, 5.74) is 1.17. The quantitative estimate of drug-likeness (QED) is 0.522. The molecule has 0 bridgehead atoms. The molecule has 2 saturated heterocycles. The molecule has 1 atom stereocenters. The maximum absolute atomic E-state index is 13.2. The Kier molecular flexibility index (Phi) is 6.71. The molecular weight excluding hydrogens is 382 g/mol. The molecule has 2 fully saturated rings. The molecule has 7 heteroatoms. The third-order valence-corrected chi connectivity index (χ3v) is 6.33. The Morgan fingerprint density at radius 3 is 2.43 bits per heavy atom. The molecule has 1 aromatic carbocycles. The molecule has 30 heavy (non-hydrogen) atoms. The van der Waals surface area contributed by atoms with E-state index < -0.39 is 5.54 Å². The number of methoxy groups -OCH3 is 2. The van der Waals surface area contributed by atoms with Crippen LogP contribution in [0, 0.1) is 5.92 Å². The van der Waals surface area contributed by atoms with Crippen molar-refractivity contribution in [3.05, 3.63) is 35.9 Å². The van der Waals surface area contributed by atoms with Crippen molar-refractivity contribution < 1.29 is 19.1 Å². The Morgan fingerprint density at radius 2 is 1.87 bits per heavy atom. The van der Waals surface area contributed by atoms with Crippen molar-refractivity contribution in [3.8, 4) is 11.5 Å². The van der Waals surface area contributed by atoms with Gasteiger partial charge in [-0.1, -0.05) is 25.1 Å². The lowest BCUT2D eigenvalue weighted by atomic mass is 9.75. The Labute approximate surface area is 179 Å². The molecule has 0 aromatic heterocycles. The number of carbonyl (C=O) groups excluding carboxylic acids is 2. The van der Waals surface area contributed by atoms with Crippen molar-refractivity contribution in [3.63, 3.8) is 0 Å². The summed E-state index contributed by atoms with van der Waals surface area (Å²) in [6, 6.07) is 5.69. The van der Waals surface area contributed by atoms with Crippen LogP contribution in [0.4, 0.5) is 4.79 Å². The van der Waals surface area contributed by atoms with Gasteiger partial charge in [0.2, 0.25) is 0 Å². The number of hydrogen-bond donors (Lipinski definition) is 1. The lowest BCUT2D eigenvalue weighted by Crippen LogP contribution is -2.55. The second-order valence-electron chi connectivity index (χ2n) is 8.34. The predicted molar refractivity (Wildman–Crippen MR) is 116 cm³/mol. The molecule has 1 unspecified atom stereocenters. The van der Waals surface area contributed by atoms with Crippen LogP contribution in [0.3, 0.4) is 0 Å². The van der Waals surface area contributed by atoms with Crippen molar-refractivity contribution in [2.75, 3.05) is 33.9 Å². The van der Waals surface area contributed by atoms with Gasteiger partial charge in [0.1, 0.15) is 5.54 Å². The van der Waals surface area contributed by atoms with Gasteiger partial charge in [0.25, 0.3) is 5.91 Å². The first-order valence-corrected chi connectivity index (χ1v) is 10.6. The number of rotatable bonds is 8. The van der Waals surface area contributed by atoms with Gasteiger partial charge in [0, 0.05) is 6.54 Å². The zero-order chi connectivity index (χ0) is 21.9. The van der Waals surface area contributed by atoms with Crippen LogP contribution in [0.1, 0.15) is 38.7 Å². The number of ether oxygens (including phenoxy) is 2. The molecule has 0 saturated carbocycles. The van der Waals surface area contributed by atoms with Gasteiger partial charge in [0.05, 0.1) is 20.8 Å². The number of imide groups is 1. The van der Waals surface area contributed by atoms with Gasteiger partial charge < -0.3 is 14.8 Å². The van der Waals surface area contributed by atoms with E-state index in [1.165, 1.54) is 4.90 Å². The highest BCUT2D eigenvalue weighted by atomic mass is 16.5. The molecule has 0 aliphatic carbocycles. The van der Waals surface area contributed by atoms with E-state index in [9.17, 15) is 9.59 Å². The Bertz CT molecular complexity index is 817. The fourth-order valence-corrected chi connectivity index (χ4v) is 4.68. The molecule has 7 nitrogen and oxygen atoms in total. The zero-order valence-electron chi connectivity index (χ0n) is 18.5. The fourth-order valence-electron chi connectivity index (χ4n) is 4.68. The largest absolute Gasteiger partial charge is 0.493 e. The Balaban J connectivity index is 1.65. The summed E-state index contributed by atoms with van der Waals surface area (Å²) in [4.78, 5) is 29.3. The number of benzene rings is 1. The minimum atomic E-state index is -0.790. The first kappa shape index (κ1) is 22.2. The molecule has 2 aliphatic heterocycles. The molecule has 2 heterocycles. The molecule has 164 valence electrons. The summed E-state index contributed by atoms with van der Waals surface area (Å²) in [6.07, 6.45) is 2.34. The van der Waals surface area contributed by atoms with Gasteiger partial charge in [-0.3, -0.25) is 14.6 Å². The van der Waals surface area contributed by atoms with Crippen molar-refractivity contribution in [1.29, 1.82) is 0 Å². The summed E-state index contributed by atoms with van der Waals surface area (Å²) in [6.45, 7) is 10.5. The van der Waals surface area contributed by atoms with E-state index in [1.54, 1.807) is 14.2 Å². The minimum Gasteiger partial charge on any atom is -0.493 e. The lowest BCUT2D eigenvalue weighted by molar-refractivity contribution is -0.134. The summed E-state index contributed by atoms with van der Waals surface area (Å²) in [5, 5.41) is 3.03. The molecule has 3 rings (SSSR count). The van der Waals surface area contributed by atoms with Gasteiger partial charge in [-0.15, -0.1) is 0 Å². The molecule has 1 aromatic rings. The van der Waals surface area contributed by atoms with Crippen molar-refractivity contribution in [2.24, 2.45) is 5.92 Å². The number of carbonyl (C=O) groups is 2. The standard InChI is InChI=1S/C23H33N3O4/c1-6-23(21(27)26(14-16(2)3)22(28)24-23)18-9-11-25(12-10-18)15-17-7-8-19(29-4)20(13-17)30-5/h7-8,13,18H,2,6,9-12,14-15H2,1,3-5H3,(H,24,28). The molecule has 1 N–H and O–H groups in total. The maximum atomic E-state index is 13.2. The van der Waals surface area contributed by atoms with Crippen LogP contribution >= 0.6 is 0 Å². The summed E-state index contributed by atoms with van der Waals surface area (Å²) < 4.78 is 10.7. The summed E-state index contributed by atoms with van der Waals surface area (Å²) in [5.74, 6) is 1.48. The minimum absolute atomic E-state index is 0.101. The monoisotopic (exact) mass is 415 g/mol. The van der Waals surface area contributed by atoms with Crippen molar-refractivity contribution >= 4 is 11.9 Å². The first-order chi connectivity index (χ1) is 14.3. The predicted octanol–water partition coefficient (Wildman–Crippen LogP) is 3.19. The second-order valence-corrected chi connectivity index (χ2v) is 8.34. The van der Waals surface area contributed by atoms with Gasteiger partial charge in [-0.25, -0.2) is 4.79 Å². The average molecular weight is 416 g/mol. The summed E-state index contributed by atoms with van der Waals surface area (Å²) >= 11 is 0. The number of likely N-dealkylation sites (tertiary alicyclic amines) is 1. The molecule has 2 aliphatic rings. The third kappa shape index (κ3) is 4.17. The zero-order valence-corrected chi connectivity index (χ0v) is 18.5. The van der Waals surface area contributed by atoms with Gasteiger partial charge in [0.15, 0.2) is 11.5 Å². The smallest absolute Gasteiger partial charge is 0.325 e. The normalized spacial score (nSPS) is 22.9. The topological polar surface area (TPSA) is 71.1 Å². The maximum Gasteiger partial charge on any atom is 0.325 e. The van der Waals surface area contributed by atoms with Gasteiger partial charge in [-0.2, -0.15) is 0 Å².